The number of hydrogen-bond acceptors (Lipinski definition) is 5. The second-order valence-electron chi connectivity index (χ2n) is 10.6. The number of thioether (sulfide) groups is 1. The molecule has 0 spiro atoms. The van der Waals surface area contributed by atoms with Gasteiger partial charge in [0.25, 0.3) is 5.91 Å². The van der Waals surface area contributed by atoms with Gasteiger partial charge in [0.1, 0.15) is 0 Å². The molecule has 1 fully saturated rings. The first-order chi connectivity index (χ1) is 15.7. The summed E-state index contributed by atoms with van der Waals surface area (Å²) in [4.78, 5) is 27.8. The minimum atomic E-state index is -0.415. The maximum absolute atomic E-state index is 13.3. The zero-order valence-electron chi connectivity index (χ0n) is 19.9. The largest absolute Gasteiger partial charge is 0.382 e. The zero-order chi connectivity index (χ0) is 23.3. The Hall–Kier alpha value is -2.25. The predicted octanol–water partition coefficient (Wildman–Crippen LogP) is 4.03. The van der Waals surface area contributed by atoms with Crippen molar-refractivity contribution in [2.75, 3.05) is 30.4 Å². The zero-order valence-corrected chi connectivity index (χ0v) is 20.7. The van der Waals surface area contributed by atoms with Crippen molar-refractivity contribution in [3.63, 3.8) is 0 Å². The highest BCUT2D eigenvalue weighted by atomic mass is 32.2. The Morgan fingerprint density at radius 1 is 1.18 bits per heavy atom. The quantitative estimate of drug-likeness (QED) is 0.711. The summed E-state index contributed by atoms with van der Waals surface area (Å²) < 4.78 is 2.31. The van der Waals surface area contributed by atoms with Crippen molar-refractivity contribution in [3.8, 4) is 5.69 Å². The number of benzene rings is 1. The minimum absolute atomic E-state index is 0.0668. The lowest BCUT2D eigenvalue weighted by molar-refractivity contribution is 0.0909. The third-order valence-electron chi connectivity index (χ3n) is 7.31. The van der Waals surface area contributed by atoms with Gasteiger partial charge >= 0.3 is 0 Å². The molecule has 0 radical (unpaired) electrons. The summed E-state index contributed by atoms with van der Waals surface area (Å²) in [5.41, 5.74) is 12.5. The van der Waals surface area contributed by atoms with E-state index >= 15 is 0 Å². The summed E-state index contributed by atoms with van der Waals surface area (Å²) in [7, 11) is 2.13. The first-order valence-electron chi connectivity index (χ1n) is 12.0. The molecule has 2 aromatic rings. The lowest BCUT2D eigenvalue weighted by Gasteiger charge is -2.30. The molecule has 0 atom stereocenters. The van der Waals surface area contributed by atoms with Crippen LogP contribution in [0.25, 0.3) is 5.69 Å². The number of nitrogens with zero attached hydrogens (tertiary/aromatic N) is 2. The van der Waals surface area contributed by atoms with Gasteiger partial charge in [-0.3, -0.25) is 9.59 Å². The van der Waals surface area contributed by atoms with Crippen LogP contribution in [-0.2, 0) is 19.4 Å². The Morgan fingerprint density at radius 3 is 2.67 bits per heavy atom. The number of hydrogen-bond donors (Lipinski definition) is 2. The molecule has 0 bridgehead atoms. The number of nitrogens with two attached hydrogens (primary N) is 1. The molecule has 3 heterocycles. The number of Topliss-reactive ketones (excluding diaryl/α,β-unsaturated/α-hetero) is 1. The summed E-state index contributed by atoms with van der Waals surface area (Å²) in [6.45, 7) is 6.14. The summed E-state index contributed by atoms with van der Waals surface area (Å²) in [5.74, 6) is 2.12. The highest BCUT2D eigenvalue weighted by Crippen LogP contribution is 2.42. The number of aromatic nitrogens is 1. The lowest BCUT2D eigenvalue weighted by atomic mass is 9.75. The van der Waals surface area contributed by atoms with Crippen molar-refractivity contribution in [2.45, 2.75) is 58.5 Å². The fraction of sp³-hybridized carbons (Fsp3) is 0.538. The number of amides is 1. The standard InChI is InChI=1S/C26H34N4O2S/c1-26(2)13-21-24(23(31)14-26)19-6-9-29(3)15-22(19)30(21)17-4-5-18(25(27)32)20(12-17)28-16-7-10-33-11-8-16/h4-5,12,16,28H,6-11,13-15H2,1-3H3,(H2,27,32). The highest BCUT2D eigenvalue weighted by molar-refractivity contribution is 7.99. The van der Waals surface area contributed by atoms with Crippen LogP contribution in [0.5, 0.6) is 0 Å². The van der Waals surface area contributed by atoms with Gasteiger partial charge in [-0.15, -0.1) is 0 Å². The molecule has 33 heavy (non-hydrogen) atoms. The van der Waals surface area contributed by atoms with Crippen LogP contribution in [0.4, 0.5) is 5.69 Å². The van der Waals surface area contributed by atoms with E-state index in [0.29, 0.717) is 18.0 Å². The van der Waals surface area contributed by atoms with Crippen LogP contribution < -0.4 is 11.1 Å². The monoisotopic (exact) mass is 466 g/mol. The predicted molar refractivity (Wildman–Crippen MR) is 135 cm³/mol. The lowest BCUT2D eigenvalue weighted by Crippen LogP contribution is -2.29. The van der Waals surface area contributed by atoms with Crippen molar-refractivity contribution in [1.29, 1.82) is 0 Å². The van der Waals surface area contributed by atoms with E-state index < -0.39 is 5.91 Å². The van der Waals surface area contributed by atoms with E-state index in [-0.39, 0.29) is 11.2 Å². The molecule has 1 aromatic heterocycles. The van der Waals surface area contributed by atoms with E-state index in [4.69, 9.17) is 5.73 Å². The van der Waals surface area contributed by atoms with Crippen LogP contribution in [-0.4, -0.2) is 52.3 Å². The highest BCUT2D eigenvalue weighted by Gasteiger charge is 2.38. The van der Waals surface area contributed by atoms with Crippen molar-refractivity contribution >= 4 is 29.1 Å². The van der Waals surface area contributed by atoms with Gasteiger partial charge in [0.05, 0.1) is 5.56 Å². The van der Waals surface area contributed by atoms with E-state index in [9.17, 15) is 9.59 Å². The van der Waals surface area contributed by atoms with Gasteiger partial charge in [0.2, 0.25) is 0 Å². The number of carbonyl (C=O) groups is 2. The molecule has 3 N–H and O–H groups in total. The molecule has 0 unspecified atom stereocenters. The van der Waals surface area contributed by atoms with Crippen molar-refractivity contribution in [3.05, 3.63) is 46.3 Å². The number of likely N-dealkylation sites (N-methyl/N-ethyl adjacent to an activating group) is 1. The molecule has 3 aliphatic rings. The number of nitrogens with one attached hydrogen (secondary N) is 1. The molecule has 7 heteroatoms. The average molecular weight is 467 g/mol. The molecule has 176 valence electrons. The third kappa shape index (κ3) is 4.21. The number of carbonyl (C=O) groups excluding carboxylic acids is 2. The molecule has 1 aromatic carbocycles. The second-order valence-corrected chi connectivity index (χ2v) is 11.9. The number of primary amides is 1. The van der Waals surface area contributed by atoms with Gasteiger partial charge in [-0.1, -0.05) is 13.8 Å². The summed E-state index contributed by atoms with van der Waals surface area (Å²) in [6.07, 6.45) is 4.52. The van der Waals surface area contributed by atoms with Crippen LogP contribution in [0.15, 0.2) is 18.2 Å². The molecule has 1 saturated heterocycles. The third-order valence-corrected chi connectivity index (χ3v) is 8.36. The molecule has 5 rings (SSSR count). The van der Waals surface area contributed by atoms with Crippen molar-refractivity contribution in [1.82, 2.24) is 9.47 Å². The molecule has 1 amide bonds. The first-order valence-corrected chi connectivity index (χ1v) is 13.1. The van der Waals surface area contributed by atoms with Gasteiger partial charge in [-0.2, -0.15) is 11.8 Å². The Morgan fingerprint density at radius 2 is 1.94 bits per heavy atom. The van der Waals surface area contributed by atoms with Crippen molar-refractivity contribution < 1.29 is 9.59 Å². The van der Waals surface area contributed by atoms with E-state index in [2.05, 4.69) is 41.7 Å². The van der Waals surface area contributed by atoms with E-state index in [0.717, 1.165) is 72.9 Å². The number of rotatable bonds is 4. The molecular weight excluding hydrogens is 432 g/mol. The topological polar surface area (TPSA) is 80.4 Å². The minimum Gasteiger partial charge on any atom is -0.382 e. The van der Waals surface area contributed by atoms with Crippen LogP contribution in [0.1, 0.15) is 70.8 Å². The average Bonchev–Trinajstić information content (AvgIpc) is 3.06. The van der Waals surface area contributed by atoms with Crippen LogP contribution in [0.3, 0.4) is 0 Å². The molecule has 2 aliphatic heterocycles. The molecule has 6 nitrogen and oxygen atoms in total. The molecule has 0 saturated carbocycles. The normalized spacial score (nSPS) is 20.9. The van der Waals surface area contributed by atoms with Gasteiger partial charge in [-0.05, 0) is 73.4 Å². The Balaban J connectivity index is 1.65. The maximum Gasteiger partial charge on any atom is 0.250 e. The fourth-order valence-electron chi connectivity index (χ4n) is 5.72. The van der Waals surface area contributed by atoms with Crippen LogP contribution in [0.2, 0.25) is 0 Å². The SMILES string of the molecule is CN1CCc2c3c(n(-c4ccc(C(N)=O)c(NC5CCSCC5)c4)c2C1)CC(C)(C)CC3=O. The Kier molecular flexibility index (Phi) is 5.81. The van der Waals surface area contributed by atoms with Gasteiger partial charge < -0.3 is 20.5 Å². The number of anilines is 1. The number of ketones is 1. The summed E-state index contributed by atoms with van der Waals surface area (Å²) >= 11 is 1.98. The molecular formula is C26H34N4O2S. The number of fused-ring (bicyclic) bond motifs is 3. The fourth-order valence-corrected chi connectivity index (χ4v) is 6.82. The summed E-state index contributed by atoms with van der Waals surface area (Å²) in [5, 5.41) is 3.62. The van der Waals surface area contributed by atoms with Gasteiger partial charge in [0, 0.05) is 53.9 Å². The van der Waals surface area contributed by atoms with Gasteiger partial charge in [-0.25, -0.2) is 0 Å². The first kappa shape index (κ1) is 22.5. The maximum atomic E-state index is 13.3. The van der Waals surface area contributed by atoms with E-state index in [1.807, 2.05) is 23.9 Å². The Bertz CT molecular complexity index is 1110. The second kappa shape index (κ2) is 8.51. The van der Waals surface area contributed by atoms with Crippen LogP contribution >= 0.6 is 11.8 Å². The van der Waals surface area contributed by atoms with E-state index in [1.165, 1.54) is 11.3 Å². The van der Waals surface area contributed by atoms with Crippen LogP contribution in [0, 0.1) is 5.41 Å². The summed E-state index contributed by atoms with van der Waals surface area (Å²) in [6, 6.07) is 6.25. The van der Waals surface area contributed by atoms with Gasteiger partial charge in [0.15, 0.2) is 5.78 Å². The van der Waals surface area contributed by atoms with E-state index in [1.54, 1.807) is 0 Å². The molecule has 1 aliphatic carbocycles. The van der Waals surface area contributed by atoms with Crippen molar-refractivity contribution in [2.24, 2.45) is 11.1 Å². The smallest absolute Gasteiger partial charge is 0.250 e. The Labute approximate surface area is 200 Å².